The van der Waals surface area contributed by atoms with Gasteiger partial charge in [-0.1, -0.05) is 27.9 Å². The van der Waals surface area contributed by atoms with Crippen LogP contribution in [0.3, 0.4) is 0 Å². The number of carbonyl (C=O) groups is 4. The van der Waals surface area contributed by atoms with Crippen LogP contribution in [-0.4, -0.2) is 123 Å². The van der Waals surface area contributed by atoms with Gasteiger partial charge in [0.15, 0.2) is 0 Å². The van der Waals surface area contributed by atoms with Crippen LogP contribution in [-0.2, 0) is 39.0 Å². The summed E-state index contributed by atoms with van der Waals surface area (Å²) in [5.74, 6) is 2.43. The zero-order valence-corrected chi connectivity index (χ0v) is 33.6. The van der Waals surface area contributed by atoms with E-state index in [1.165, 1.54) is 32.4 Å². The Hall–Kier alpha value is -2.44. The first-order valence-electron chi connectivity index (χ1n) is 19.7. The molecule has 7 N–H and O–H groups in total. The predicted molar refractivity (Wildman–Crippen MR) is 224 cm³/mol. The fraction of sp³-hybridized carbons (Fsp3) is 0.842. The summed E-state index contributed by atoms with van der Waals surface area (Å²) in [7, 11) is -5.34. The molecule has 17 heteroatoms. The Labute approximate surface area is 333 Å². The molecule has 1 saturated carbocycles. The number of Topliss-reactive ketones (excluding diaryl/α,β-unsaturated/α-hetero) is 2. The van der Waals surface area contributed by atoms with Crippen molar-refractivity contribution in [2.75, 3.05) is 82.7 Å². The lowest BCUT2D eigenvalue weighted by atomic mass is 10.2. The van der Waals surface area contributed by atoms with Crippen molar-refractivity contribution in [3.8, 4) is 0 Å². The first-order chi connectivity index (χ1) is 25.4. The summed E-state index contributed by atoms with van der Waals surface area (Å²) in [5, 5.41) is 18.1. The molecule has 55 heavy (non-hydrogen) atoms. The van der Waals surface area contributed by atoms with Crippen LogP contribution in [0.25, 0.3) is 0 Å². The van der Waals surface area contributed by atoms with E-state index in [-0.39, 0.29) is 26.7 Å². The maximum absolute atomic E-state index is 10.6. The number of sulfonamides is 1. The van der Waals surface area contributed by atoms with E-state index < -0.39 is 19.9 Å². The Morgan fingerprint density at radius 2 is 0.927 bits per heavy atom. The Bertz CT molecular complexity index is 1110. The van der Waals surface area contributed by atoms with E-state index in [2.05, 4.69) is 43.2 Å². The minimum atomic E-state index is -2.80. The quantitative estimate of drug-likeness (QED) is 0.187. The molecular weight excluding hydrogens is 747 g/mol. The Morgan fingerprint density at radius 1 is 0.418 bits per heavy atom. The Balaban J connectivity index is 0. The van der Waals surface area contributed by atoms with Gasteiger partial charge in [-0.15, -0.1) is 0 Å². The molecule has 0 aromatic rings. The van der Waals surface area contributed by atoms with Crippen molar-refractivity contribution < 1.29 is 36.0 Å². The van der Waals surface area contributed by atoms with Crippen LogP contribution >= 0.6 is 0 Å². The van der Waals surface area contributed by atoms with Crippen molar-refractivity contribution in [1.82, 2.24) is 36.6 Å². The first kappa shape index (κ1) is 54.7. The highest BCUT2D eigenvalue weighted by molar-refractivity contribution is 7.91. The van der Waals surface area contributed by atoms with E-state index in [4.69, 9.17) is 0 Å². The molecule has 0 bridgehead atoms. The molecule has 0 aromatic carbocycles. The lowest BCUT2D eigenvalue weighted by molar-refractivity contribution is -0.119. The lowest BCUT2D eigenvalue weighted by Gasteiger charge is -2.15. The number of carbonyl (C=O) groups excluding carboxylic acids is 4. The van der Waals surface area contributed by atoms with Gasteiger partial charge in [-0.25, -0.2) is 21.6 Å². The minimum Gasteiger partial charge on any atom is -0.386 e. The fourth-order valence-electron chi connectivity index (χ4n) is 5.53. The first-order valence-corrected chi connectivity index (χ1v) is 23.1. The molecule has 0 spiro atoms. The molecule has 8 rings (SSSR count). The standard InChI is InChI=1S/C6H11NO.C5H10N2.C5H11N.C5H8O.2C4H7NO.C4H8O2S.C3H7NO2S.2CH4/c8-6-2-1-4-7-5-3-6;1-5-4-6-2-3-7-5;1-2-4-6-5-3-1;6-5-3-1-2-4-5;2*6-4-2-1-3-5-4;2*5-7(6)3-1-2-4-7;;/h7H,1-5H2;6-7H,1-4H2;6H,1-5H2;1-4H2;2*1-3H2,(H,5,6);1-4H2;4H,1-3H2;2*1H4. The van der Waals surface area contributed by atoms with Gasteiger partial charge in [0.1, 0.15) is 21.4 Å². The fourth-order valence-corrected chi connectivity index (χ4v) is 8.14. The van der Waals surface area contributed by atoms with Crippen LogP contribution in [0.1, 0.15) is 124 Å². The minimum absolute atomic E-state index is 0. The van der Waals surface area contributed by atoms with Gasteiger partial charge in [0.05, 0.1) is 17.3 Å². The van der Waals surface area contributed by atoms with Crippen molar-refractivity contribution in [1.29, 1.82) is 0 Å². The molecule has 15 nitrogen and oxygen atoms in total. The molecule has 0 unspecified atom stereocenters. The van der Waals surface area contributed by atoms with Crippen LogP contribution in [0.5, 0.6) is 0 Å². The number of amides is 2. The van der Waals surface area contributed by atoms with E-state index in [1.807, 2.05) is 0 Å². The number of sulfone groups is 1. The normalized spacial score (nSPS) is 22.8. The smallest absolute Gasteiger partial charge is 0.220 e. The second kappa shape index (κ2) is 34.8. The Kier molecular flexibility index (Phi) is 34.6. The van der Waals surface area contributed by atoms with E-state index in [1.54, 1.807) is 0 Å². The number of hydrogen-bond acceptors (Lipinski definition) is 12. The van der Waals surface area contributed by atoms with Crippen molar-refractivity contribution in [3.05, 3.63) is 12.3 Å². The highest BCUT2D eigenvalue weighted by Gasteiger charge is 2.16. The molecule has 8 aliphatic rings. The molecule has 0 aromatic heterocycles. The summed E-state index contributed by atoms with van der Waals surface area (Å²) in [4.78, 5) is 41.2. The van der Waals surface area contributed by atoms with Crippen LogP contribution in [0.15, 0.2) is 12.3 Å². The van der Waals surface area contributed by atoms with Gasteiger partial charge in [0.2, 0.25) is 21.8 Å². The highest BCUT2D eigenvalue weighted by Crippen LogP contribution is 2.11. The molecule has 324 valence electrons. The summed E-state index contributed by atoms with van der Waals surface area (Å²) in [5.41, 5.74) is 1.10. The number of nitrogens with one attached hydrogen (secondary N) is 7. The number of piperidine rings is 1. The zero-order chi connectivity index (χ0) is 39.0. The molecule has 0 radical (unpaired) electrons. The summed E-state index contributed by atoms with van der Waals surface area (Å²) in [6.45, 7) is 13.6. The van der Waals surface area contributed by atoms with Gasteiger partial charge in [-0.3, -0.25) is 19.2 Å². The van der Waals surface area contributed by atoms with Crippen molar-refractivity contribution in [2.24, 2.45) is 0 Å². The summed E-state index contributed by atoms with van der Waals surface area (Å²) < 4.78 is 43.9. The van der Waals surface area contributed by atoms with Crippen molar-refractivity contribution in [3.63, 3.8) is 0 Å². The lowest BCUT2D eigenvalue weighted by Crippen LogP contribution is -2.37. The van der Waals surface area contributed by atoms with E-state index in [9.17, 15) is 36.0 Å². The van der Waals surface area contributed by atoms with E-state index >= 15 is 0 Å². The highest BCUT2D eigenvalue weighted by atomic mass is 32.2. The second-order valence-electron chi connectivity index (χ2n) is 13.7. The maximum Gasteiger partial charge on any atom is 0.220 e. The number of piperazine rings is 1. The monoisotopic (exact) mass is 824 g/mol. The summed E-state index contributed by atoms with van der Waals surface area (Å²) in [6.07, 6.45) is 16.8. The van der Waals surface area contributed by atoms with Crippen LogP contribution in [0, 0.1) is 0 Å². The average Bonchev–Trinajstić information content (AvgIpc) is 4.01. The van der Waals surface area contributed by atoms with Gasteiger partial charge in [-0.05, 0) is 83.8 Å². The van der Waals surface area contributed by atoms with Gasteiger partial charge in [0.25, 0.3) is 0 Å². The molecular formula is C38H77N7O8S2. The molecule has 1 aliphatic carbocycles. The van der Waals surface area contributed by atoms with Crippen molar-refractivity contribution >= 4 is 43.2 Å². The van der Waals surface area contributed by atoms with Crippen LogP contribution < -0.4 is 36.6 Å². The molecule has 0 atom stereocenters. The number of hydrogen-bond donors (Lipinski definition) is 7. The zero-order valence-electron chi connectivity index (χ0n) is 32.0. The van der Waals surface area contributed by atoms with E-state index in [0.717, 1.165) is 141 Å². The topological polar surface area (TPSA) is 221 Å². The molecule has 7 aliphatic heterocycles. The third-order valence-corrected chi connectivity index (χ3v) is 11.9. The third-order valence-electron chi connectivity index (χ3n) is 8.65. The second-order valence-corrected chi connectivity index (χ2v) is 18.0. The molecule has 8 fully saturated rings. The molecule has 7 heterocycles. The van der Waals surface area contributed by atoms with E-state index in [0.29, 0.717) is 35.4 Å². The SMILES string of the molecule is C.C.C1CCNCC1.C=C1CNCCN1.O=C1CCCC1.O=C1CCCN1.O=C1CCCN1.O=C1CCCNCC1.O=S1(=O)CCCC1.O=S1(=O)CCCN1. The third kappa shape index (κ3) is 35.7. The van der Waals surface area contributed by atoms with Gasteiger partial charge >= 0.3 is 0 Å². The summed E-state index contributed by atoms with van der Waals surface area (Å²) >= 11 is 0. The predicted octanol–water partition coefficient (Wildman–Crippen LogP) is 2.48. The van der Waals surface area contributed by atoms with Crippen LogP contribution in [0.4, 0.5) is 0 Å². The van der Waals surface area contributed by atoms with Gasteiger partial charge in [-0.2, -0.15) is 0 Å². The summed E-state index contributed by atoms with van der Waals surface area (Å²) in [6, 6.07) is 0. The molecule has 7 saturated heterocycles. The average molecular weight is 824 g/mol. The molecule has 2 amide bonds. The Morgan fingerprint density at radius 3 is 1.18 bits per heavy atom. The van der Waals surface area contributed by atoms with Crippen molar-refractivity contribution in [2.45, 2.75) is 124 Å². The van der Waals surface area contributed by atoms with Crippen LogP contribution in [0.2, 0.25) is 0 Å². The van der Waals surface area contributed by atoms with Gasteiger partial charge < -0.3 is 31.9 Å². The number of rotatable bonds is 0. The largest absolute Gasteiger partial charge is 0.386 e. The van der Waals surface area contributed by atoms with Gasteiger partial charge in [0, 0.05) is 90.0 Å². The maximum atomic E-state index is 10.6. The number of ketones is 2.